The number of carbonyl (C=O) groups excluding carboxylic acids is 6. The van der Waals surface area contributed by atoms with Gasteiger partial charge in [-0.15, -0.1) is 0 Å². The van der Waals surface area contributed by atoms with Gasteiger partial charge in [0.05, 0.1) is 74.4 Å². The summed E-state index contributed by atoms with van der Waals surface area (Å²) in [4.78, 5) is 132. The second-order valence-corrected chi connectivity index (χ2v) is 28.3. The number of nitrogens with one attached hydrogen (secondary N) is 4. The van der Waals surface area contributed by atoms with Gasteiger partial charge in [-0.3, -0.25) is 52.2 Å². The van der Waals surface area contributed by atoms with Crippen LogP contribution in [0.4, 0.5) is 5.95 Å². The molecule has 3 aromatic rings. The van der Waals surface area contributed by atoms with Crippen LogP contribution in [-0.2, 0) is 70.2 Å². The molecule has 528 valence electrons. The number of H-pyrrole nitrogens is 1. The second-order valence-electron chi connectivity index (χ2n) is 25.3. The topological polar surface area (TPSA) is 438 Å². The lowest BCUT2D eigenvalue weighted by Gasteiger charge is -2.41. The number of aromatic amines is 1. The highest BCUT2D eigenvalue weighted by Gasteiger charge is 2.46. The number of hydrogen-bond acceptors (Lipinski definition) is 22. The number of aromatic nitrogens is 4. The van der Waals surface area contributed by atoms with Crippen LogP contribution in [0, 0.1) is 29.6 Å². The summed E-state index contributed by atoms with van der Waals surface area (Å²) < 4.78 is 65.0. The number of anilines is 1. The maximum absolute atomic E-state index is 14.8. The molecule has 3 saturated heterocycles. The van der Waals surface area contributed by atoms with Gasteiger partial charge >= 0.3 is 15.6 Å². The zero-order chi connectivity index (χ0) is 69.7. The summed E-state index contributed by atoms with van der Waals surface area (Å²) in [5.74, 6) is -5.32. The predicted molar refractivity (Wildman–Crippen MR) is 339 cm³/mol. The van der Waals surface area contributed by atoms with Gasteiger partial charge in [0.25, 0.3) is 5.56 Å². The Hall–Kier alpha value is -5.83. The number of carbonyl (C=O) groups is 6. The summed E-state index contributed by atoms with van der Waals surface area (Å²) in [6.07, 6.45) is -7.59. The highest BCUT2D eigenvalue weighted by molar-refractivity contribution is 7.61. The highest BCUT2D eigenvalue weighted by atomic mass is 31.3. The largest absolute Gasteiger partial charge is 0.483 e. The first-order valence-corrected chi connectivity index (χ1v) is 34.7. The van der Waals surface area contributed by atoms with Crippen LogP contribution >= 0.6 is 15.6 Å². The molecule has 3 aliphatic rings. The molecule has 0 spiro atoms. The maximum atomic E-state index is 14.8. The van der Waals surface area contributed by atoms with Crippen molar-refractivity contribution in [3.05, 3.63) is 52.6 Å². The Morgan fingerprint density at radius 2 is 1.61 bits per heavy atom. The number of amides is 6. The Kier molecular flexibility index (Phi) is 28.2. The Balaban J connectivity index is 0.977. The lowest BCUT2D eigenvalue weighted by atomic mass is 9.89. The van der Waals surface area contributed by atoms with Crippen LogP contribution in [0.2, 0.25) is 0 Å². The van der Waals surface area contributed by atoms with E-state index >= 15 is 0 Å². The van der Waals surface area contributed by atoms with Crippen LogP contribution < -0.4 is 27.2 Å². The number of aliphatic hydroxyl groups excluding tert-OH is 3. The second kappa shape index (κ2) is 34.4. The third-order valence-corrected chi connectivity index (χ3v) is 20.5. The summed E-state index contributed by atoms with van der Waals surface area (Å²) >= 11 is 0. The first kappa shape index (κ1) is 77.2. The predicted octanol–water partition coefficient (Wildman–Crippen LogP) is 2.39. The zero-order valence-electron chi connectivity index (χ0n) is 55.5. The van der Waals surface area contributed by atoms with Crippen molar-refractivity contribution in [1.82, 2.24) is 50.2 Å². The fraction of sp³-hybridized carbons (Fsp3) is 0.717. The highest BCUT2D eigenvalue weighted by Crippen LogP contribution is 2.61. The lowest BCUT2D eigenvalue weighted by Crippen LogP contribution is -2.60. The number of ether oxygens (including phenoxy) is 4. The van der Waals surface area contributed by atoms with Crippen LogP contribution in [0.25, 0.3) is 11.2 Å². The molecule has 0 radical (unpaired) electrons. The number of methoxy groups -OCH3 is 2. The van der Waals surface area contributed by atoms with Crippen LogP contribution in [0.1, 0.15) is 131 Å². The summed E-state index contributed by atoms with van der Waals surface area (Å²) in [5.41, 5.74) is 6.05. The van der Waals surface area contributed by atoms with Crippen LogP contribution in [0.15, 0.2) is 41.5 Å². The fourth-order valence-electron chi connectivity index (χ4n) is 12.5. The Labute approximate surface area is 546 Å². The van der Waals surface area contributed by atoms with Gasteiger partial charge in [-0.05, 0) is 61.8 Å². The number of likely N-dealkylation sites (N-methyl/N-ethyl adjacent to an activating group) is 2. The molecule has 1 aromatic carbocycles. The zero-order valence-corrected chi connectivity index (χ0v) is 57.3. The number of rotatable bonds is 34. The number of imidazole rings is 1. The third kappa shape index (κ3) is 20.1. The van der Waals surface area contributed by atoms with Gasteiger partial charge in [0.1, 0.15) is 30.5 Å². The Morgan fingerprint density at radius 1 is 0.915 bits per heavy atom. The number of aliphatic hydroxyl groups is 3. The van der Waals surface area contributed by atoms with Crippen molar-refractivity contribution in [3.63, 3.8) is 0 Å². The van der Waals surface area contributed by atoms with Crippen molar-refractivity contribution in [3.8, 4) is 0 Å². The fourth-order valence-corrected chi connectivity index (χ4v) is 14.6. The normalized spacial score (nSPS) is 24.2. The summed E-state index contributed by atoms with van der Waals surface area (Å²) in [7, 11) is -4.82. The van der Waals surface area contributed by atoms with Gasteiger partial charge < -0.3 is 80.4 Å². The molecule has 0 saturated carbocycles. The number of fused-ring (bicyclic) bond motifs is 1. The first-order valence-electron chi connectivity index (χ1n) is 31.8. The van der Waals surface area contributed by atoms with E-state index in [4.69, 9.17) is 33.7 Å². The number of nitrogens with zero attached hydrogens (tertiary/aromatic N) is 6. The molecule has 3 aliphatic heterocycles. The van der Waals surface area contributed by atoms with Crippen molar-refractivity contribution in [1.29, 1.82) is 0 Å². The average Bonchev–Trinajstić information content (AvgIpc) is 1.59. The van der Waals surface area contributed by atoms with Gasteiger partial charge in [0, 0.05) is 60.7 Å². The minimum Gasteiger partial charge on any atom is -0.390 e. The van der Waals surface area contributed by atoms with Crippen LogP contribution in [-0.4, -0.2) is 216 Å². The molecule has 0 aliphatic carbocycles. The quantitative estimate of drug-likeness (QED) is 0.0384. The Bertz CT molecular complexity index is 3200. The number of hydrogen-bond donors (Lipinski definition) is 10. The van der Waals surface area contributed by atoms with Gasteiger partial charge in [-0.1, -0.05) is 85.2 Å². The van der Waals surface area contributed by atoms with Crippen molar-refractivity contribution in [2.75, 3.05) is 60.4 Å². The molecule has 32 nitrogen and oxygen atoms in total. The first-order chi connectivity index (χ1) is 44.2. The standard InChI is InChI=1S/C60H97N11O21P2/c1-13-34(6)51(41(86-11)28-45(75)70-24-17-20-39(70)54(87-12)35(7)56(78)64-36(8)52(76)38-18-15-14-16-19-38)69(10)59(81)48(32(2)3)65-58(80)50(33(4)5)68(9)44(74)22-21-43(73)62-29-42-53(77)40(72)27-47(90-42)91-94(84,85)92-93(82,83)89-25-23-37-26-46(88-30-37)71-31-63-49-55(71)66-60(61)67-57(49)79/h14-16,18-19,31-37,39-42,46-48,50-54,72,76-77H,13,17,20-30H2,1-12H3,(H,62,73)(H,64,78)(H,65,80)(H,82,83)(H,84,85)(H3,61,66,67,79)/t34-,35+,36+,37+,39-,40?,41+,42?,46+,47+,48-,50-,51-,52+,53-,54+/m0/s1. The molecular weight excluding hydrogens is 1270 g/mol. The van der Waals surface area contributed by atoms with Crippen molar-refractivity contribution < 1.29 is 95.3 Å². The molecule has 18 atom stereocenters. The van der Waals surface area contributed by atoms with E-state index in [9.17, 15) is 67.8 Å². The molecule has 6 amide bonds. The molecule has 3 fully saturated rings. The van der Waals surface area contributed by atoms with E-state index in [1.165, 1.54) is 42.0 Å². The number of benzene rings is 1. The monoisotopic (exact) mass is 1370 g/mol. The number of nitrogen functional groups attached to an aromatic ring is 1. The molecule has 2 aromatic heterocycles. The van der Waals surface area contributed by atoms with Gasteiger partial charge in [0.2, 0.25) is 41.4 Å². The molecule has 5 heterocycles. The van der Waals surface area contributed by atoms with E-state index in [0.717, 1.165) is 0 Å². The maximum Gasteiger partial charge on any atom is 0.483 e. The van der Waals surface area contributed by atoms with Crippen molar-refractivity contribution >= 4 is 68.2 Å². The lowest BCUT2D eigenvalue weighted by molar-refractivity contribution is -0.224. The van der Waals surface area contributed by atoms with Crippen molar-refractivity contribution in [2.24, 2.45) is 29.6 Å². The minimum absolute atomic E-state index is 0.0493. The summed E-state index contributed by atoms with van der Waals surface area (Å²) in [6.45, 7) is 13.9. The summed E-state index contributed by atoms with van der Waals surface area (Å²) in [5, 5.41) is 40.6. The number of phosphoric ester groups is 2. The third-order valence-electron chi connectivity index (χ3n) is 17.8. The minimum atomic E-state index is -5.49. The molecule has 34 heteroatoms. The summed E-state index contributed by atoms with van der Waals surface area (Å²) in [6, 6.07) is 5.02. The van der Waals surface area contributed by atoms with Crippen LogP contribution in [0.3, 0.4) is 0 Å². The molecule has 94 heavy (non-hydrogen) atoms. The smallest absolute Gasteiger partial charge is 0.390 e. The molecular formula is C60H97N11O21P2. The Morgan fingerprint density at radius 3 is 2.24 bits per heavy atom. The van der Waals surface area contributed by atoms with E-state index in [1.807, 2.05) is 19.9 Å². The molecule has 11 N–H and O–H groups in total. The van der Waals surface area contributed by atoms with Gasteiger partial charge in [0.15, 0.2) is 17.5 Å². The molecule has 0 bridgehead atoms. The SMILES string of the molecule is CC[C@H](C)[C@@H]([C@@H](CC(=O)N1CCC[C@H]1[C@H](OC)[C@@H](C)C(=O)N[C@H](C)[C@@H](O)c1ccccc1)OC)N(C)C(=O)[C@@H](NC(=O)[C@H](C(C)C)N(C)C(=O)CCC(=O)NCC1O[C@H](OP(=O)(O)OP(=O)(O)OCC[C@H]2CO[C@@H](n3cnc4c(=O)[nH]c(N)nc43)C2)CC(O)[C@@H]1O)C(C)C. The van der Waals surface area contributed by atoms with Crippen LogP contribution in [0.5, 0.6) is 0 Å². The van der Waals surface area contributed by atoms with Gasteiger partial charge in [-0.2, -0.15) is 9.29 Å². The van der Waals surface area contributed by atoms with E-state index in [-0.39, 0.29) is 60.2 Å². The molecule has 4 unspecified atom stereocenters. The number of nitrogens with two attached hydrogens (primary N) is 1. The average molecular weight is 1370 g/mol. The van der Waals surface area contributed by atoms with Gasteiger partial charge in [-0.25, -0.2) is 14.1 Å². The van der Waals surface area contributed by atoms with E-state index in [0.29, 0.717) is 37.8 Å². The van der Waals surface area contributed by atoms with Crippen molar-refractivity contribution in [2.45, 2.75) is 193 Å². The van der Waals surface area contributed by atoms with E-state index < -0.39 is 174 Å². The number of phosphoric acid groups is 2. The number of likely N-dealkylation sites (tertiary alicyclic amines) is 1. The molecule has 6 rings (SSSR count). The van der Waals surface area contributed by atoms with E-state index in [2.05, 4.69) is 35.2 Å². The van der Waals surface area contributed by atoms with E-state index in [1.54, 1.807) is 77.8 Å².